The van der Waals surface area contributed by atoms with Crippen molar-refractivity contribution in [1.82, 2.24) is 0 Å². The Bertz CT molecular complexity index is 520. The molecule has 86 valence electrons. The molecule has 0 fully saturated rings. The van der Waals surface area contributed by atoms with E-state index in [1.165, 1.54) is 0 Å². The van der Waals surface area contributed by atoms with Gasteiger partial charge in [0.2, 0.25) is 0 Å². The first-order valence-electron chi connectivity index (χ1n) is 5.85. The van der Waals surface area contributed by atoms with Crippen LogP contribution in [0, 0.1) is 0 Å². The van der Waals surface area contributed by atoms with Crippen LogP contribution in [0.2, 0.25) is 0 Å². The molecule has 0 saturated heterocycles. The molecule has 2 heteroatoms. The highest BCUT2D eigenvalue weighted by Crippen LogP contribution is 2.39. The van der Waals surface area contributed by atoms with Gasteiger partial charge in [0.1, 0.15) is 5.75 Å². The Balaban J connectivity index is 2.16. The van der Waals surface area contributed by atoms with Crippen molar-refractivity contribution in [2.75, 3.05) is 6.61 Å². The molecule has 0 bridgehead atoms. The van der Waals surface area contributed by atoms with E-state index in [0.717, 1.165) is 22.4 Å². The quantitative estimate of drug-likeness (QED) is 0.809. The third-order valence-electron chi connectivity index (χ3n) is 3.13. The van der Waals surface area contributed by atoms with Crippen LogP contribution in [0.4, 0.5) is 0 Å². The molecule has 1 aliphatic rings. The van der Waals surface area contributed by atoms with Crippen LogP contribution >= 0.6 is 0 Å². The fraction of sp³-hybridized carbons (Fsp3) is 0.200. The molecule has 0 aromatic heterocycles. The number of hydrogen-bond donors (Lipinski definition) is 1. The SMILES string of the molecule is OC1CCOc2c(-c3ccccc3)cccc21. The van der Waals surface area contributed by atoms with E-state index in [1.54, 1.807) is 0 Å². The smallest absolute Gasteiger partial charge is 0.132 e. The van der Waals surface area contributed by atoms with Crippen molar-refractivity contribution in [3.63, 3.8) is 0 Å². The average Bonchev–Trinajstić information content (AvgIpc) is 2.40. The largest absolute Gasteiger partial charge is 0.492 e. The Morgan fingerprint density at radius 1 is 1.00 bits per heavy atom. The molecule has 0 radical (unpaired) electrons. The summed E-state index contributed by atoms with van der Waals surface area (Å²) >= 11 is 0. The van der Waals surface area contributed by atoms with E-state index >= 15 is 0 Å². The van der Waals surface area contributed by atoms with E-state index in [9.17, 15) is 5.11 Å². The molecule has 0 saturated carbocycles. The molecule has 0 aliphatic carbocycles. The number of ether oxygens (including phenoxy) is 1. The molecule has 2 aromatic rings. The highest BCUT2D eigenvalue weighted by molar-refractivity contribution is 5.72. The molecule has 1 atom stereocenters. The van der Waals surface area contributed by atoms with Crippen LogP contribution in [-0.4, -0.2) is 11.7 Å². The van der Waals surface area contributed by atoms with Crippen LogP contribution in [0.3, 0.4) is 0 Å². The van der Waals surface area contributed by atoms with Crippen LogP contribution in [0.25, 0.3) is 11.1 Å². The van der Waals surface area contributed by atoms with Gasteiger partial charge < -0.3 is 9.84 Å². The lowest BCUT2D eigenvalue weighted by Gasteiger charge is -2.24. The monoisotopic (exact) mass is 226 g/mol. The molecule has 17 heavy (non-hydrogen) atoms. The van der Waals surface area contributed by atoms with Gasteiger partial charge in [-0.1, -0.05) is 48.5 Å². The van der Waals surface area contributed by atoms with Gasteiger partial charge in [-0.05, 0) is 5.56 Å². The van der Waals surface area contributed by atoms with E-state index in [-0.39, 0.29) is 0 Å². The van der Waals surface area contributed by atoms with Gasteiger partial charge in [0.25, 0.3) is 0 Å². The standard InChI is InChI=1S/C15H14O2/c16-14-9-10-17-15-12(7-4-8-13(14)15)11-5-2-1-3-6-11/h1-8,14,16H,9-10H2. The van der Waals surface area contributed by atoms with E-state index < -0.39 is 6.10 Å². The van der Waals surface area contributed by atoms with E-state index in [1.807, 2.05) is 36.4 Å². The van der Waals surface area contributed by atoms with Crippen LogP contribution in [-0.2, 0) is 0 Å². The lowest BCUT2D eigenvalue weighted by Crippen LogP contribution is -2.14. The van der Waals surface area contributed by atoms with Crippen molar-refractivity contribution < 1.29 is 9.84 Å². The van der Waals surface area contributed by atoms with Crippen LogP contribution in [0.1, 0.15) is 18.1 Å². The lowest BCUT2D eigenvalue weighted by molar-refractivity contribution is 0.116. The summed E-state index contributed by atoms with van der Waals surface area (Å²) in [6, 6.07) is 16.1. The molecule has 1 unspecified atom stereocenters. The zero-order chi connectivity index (χ0) is 11.7. The number of para-hydroxylation sites is 1. The fourth-order valence-electron chi connectivity index (χ4n) is 2.25. The van der Waals surface area contributed by atoms with Crippen molar-refractivity contribution in [3.05, 3.63) is 54.1 Å². The number of aliphatic hydroxyl groups excluding tert-OH is 1. The van der Waals surface area contributed by atoms with Gasteiger partial charge >= 0.3 is 0 Å². The summed E-state index contributed by atoms with van der Waals surface area (Å²) in [4.78, 5) is 0. The van der Waals surface area contributed by atoms with E-state index in [0.29, 0.717) is 13.0 Å². The Hall–Kier alpha value is -1.80. The summed E-state index contributed by atoms with van der Waals surface area (Å²) < 4.78 is 5.72. The van der Waals surface area contributed by atoms with Crippen LogP contribution in [0.5, 0.6) is 5.75 Å². The maximum Gasteiger partial charge on any atom is 0.132 e. The van der Waals surface area contributed by atoms with Crippen molar-refractivity contribution in [2.24, 2.45) is 0 Å². The van der Waals surface area contributed by atoms with Crippen molar-refractivity contribution >= 4 is 0 Å². The summed E-state index contributed by atoms with van der Waals surface area (Å²) in [7, 11) is 0. The second-order valence-electron chi connectivity index (χ2n) is 4.24. The fourth-order valence-corrected chi connectivity index (χ4v) is 2.25. The number of rotatable bonds is 1. The van der Waals surface area contributed by atoms with Crippen LogP contribution < -0.4 is 4.74 Å². The zero-order valence-corrected chi connectivity index (χ0v) is 9.47. The van der Waals surface area contributed by atoms with Crippen LogP contribution in [0.15, 0.2) is 48.5 Å². The minimum Gasteiger partial charge on any atom is -0.492 e. The third kappa shape index (κ3) is 1.81. The summed E-state index contributed by atoms with van der Waals surface area (Å²) in [6.07, 6.45) is 0.271. The lowest BCUT2D eigenvalue weighted by atomic mass is 9.96. The van der Waals surface area contributed by atoms with Gasteiger partial charge in [0.15, 0.2) is 0 Å². The molecular formula is C15H14O2. The Morgan fingerprint density at radius 3 is 2.65 bits per heavy atom. The summed E-state index contributed by atoms with van der Waals surface area (Å²) in [5.74, 6) is 0.831. The molecule has 2 nitrogen and oxygen atoms in total. The van der Waals surface area contributed by atoms with E-state index in [2.05, 4.69) is 12.1 Å². The maximum atomic E-state index is 9.95. The van der Waals surface area contributed by atoms with Gasteiger partial charge in [-0.25, -0.2) is 0 Å². The first-order valence-corrected chi connectivity index (χ1v) is 5.85. The molecule has 0 spiro atoms. The number of benzene rings is 2. The van der Waals surface area contributed by atoms with Crippen molar-refractivity contribution in [1.29, 1.82) is 0 Å². The normalized spacial score (nSPS) is 18.3. The predicted octanol–water partition coefficient (Wildman–Crippen LogP) is 3.17. The zero-order valence-electron chi connectivity index (χ0n) is 9.47. The minimum absolute atomic E-state index is 0.401. The summed E-state index contributed by atoms with van der Waals surface area (Å²) in [5.41, 5.74) is 3.08. The third-order valence-corrected chi connectivity index (χ3v) is 3.13. The summed E-state index contributed by atoms with van der Waals surface area (Å²) in [5, 5.41) is 9.95. The van der Waals surface area contributed by atoms with Crippen molar-refractivity contribution in [2.45, 2.75) is 12.5 Å². The second-order valence-corrected chi connectivity index (χ2v) is 4.24. The van der Waals surface area contributed by atoms with Gasteiger partial charge in [0, 0.05) is 17.5 Å². The predicted molar refractivity (Wildman–Crippen MR) is 66.9 cm³/mol. The molecule has 2 aromatic carbocycles. The van der Waals surface area contributed by atoms with Crippen molar-refractivity contribution in [3.8, 4) is 16.9 Å². The first-order chi connectivity index (χ1) is 8.36. The summed E-state index contributed by atoms with van der Waals surface area (Å²) in [6.45, 7) is 0.581. The molecular weight excluding hydrogens is 212 g/mol. The number of fused-ring (bicyclic) bond motifs is 1. The van der Waals surface area contributed by atoms with Gasteiger partial charge in [-0.2, -0.15) is 0 Å². The average molecular weight is 226 g/mol. The molecule has 1 N–H and O–H groups in total. The van der Waals surface area contributed by atoms with Gasteiger partial charge in [-0.3, -0.25) is 0 Å². The first kappa shape index (κ1) is 10.4. The second kappa shape index (κ2) is 4.22. The van der Waals surface area contributed by atoms with Gasteiger partial charge in [0.05, 0.1) is 12.7 Å². The Morgan fingerprint density at radius 2 is 1.82 bits per heavy atom. The molecule has 3 rings (SSSR count). The molecule has 0 amide bonds. The minimum atomic E-state index is -0.401. The highest BCUT2D eigenvalue weighted by Gasteiger charge is 2.21. The number of aliphatic hydroxyl groups is 1. The maximum absolute atomic E-state index is 9.95. The highest BCUT2D eigenvalue weighted by atomic mass is 16.5. The molecule has 1 heterocycles. The topological polar surface area (TPSA) is 29.5 Å². The molecule has 1 aliphatic heterocycles. The Kier molecular flexibility index (Phi) is 2.57. The van der Waals surface area contributed by atoms with E-state index in [4.69, 9.17) is 4.74 Å². The Labute approximate surface area is 100 Å². The number of hydrogen-bond acceptors (Lipinski definition) is 2. The van der Waals surface area contributed by atoms with Gasteiger partial charge in [-0.15, -0.1) is 0 Å².